The Morgan fingerprint density at radius 2 is 0.444 bits per heavy atom. The maximum atomic E-state index is 8.74. The fourth-order valence-electron chi connectivity index (χ4n) is 4.05. The van der Waals surface area contributed by atoms with Gasteiger partial charge in [0.2, 0.25) is 0 Å². The Kier molecular flexibility index (Phi) is 13.1. The van der Waals surface area contributed by atoms with E-state index in [0.29, 0.717) is 0 Å². The van der Waals surface area contributed by atoms with Crippen molar-refractivity contribution < 1.29 is 47.6 Å². The topological polar surface area (TPSA) is 74.6 Å². The third kappa shape index (κ3) is 9.69. The average molecular weight is 840 g/mol. The van der Waals surface area contributed by atoms with Gasteiger partial charge < -0.3 is 0 Å². The van der Waals surface area contributed by atoms with Crippen molar-refractivity contribution in [3.63, 3.8) is 0 Å². The van der Waals surface area contributed by atoms with Crippen molar-refractivity contribution in [1.82, 2.24) is 0 Å². The first-order valence-electron chi connectivity index (χ1n) is 13.5. The van der Waals surface area contributed by atoms with Gasteiger partial charge in [-0.25, -0.2) is 0 Å². The van der Waals surface area contributed by atoms with Crippen LogP contribution in [0.1, 0.15) is 0 Å². The van der Waals surface area contributed by atoms with Gasteiger partial charge in [0.05, 0.1) is 0 Å². The predicted octanol–water partition coefficient (Wildman–Crippen LogP) is 5.16. The Morgan fingerprint density at radius 1 is 0.333 bits per heavy atom. The van der Waals surface area contributed by atoms with Crippen LogP contribution in [-0.4, -0.2) is 17.5 Å². The maximum absolute atomic E-state index is 8.74. The number of benzene rings is 6. The molecule has 0 saturated carbocycles. The van der Waals surface area contributed by atoms with Gasteiger partial charge in [-0.1, -0.05) is 0 Å². The second-order valence-electron chi connectivity index (χ2n) is 9.03. The fourth-order valence-corrected chi connectivity index (χ4v) is 18.2. The van der Waals surface area contributed by atoms with E-state index in [4.69, 9.17) is 17.5 Å². The van der Waals surface area contributed by atoms with Crippen LogP contribution in [0.25, 0.3) is 0 Å². The zero-order chi connectivity index (χ0) is 32.2. The van der Waals surface area contributed by atoms with Crippen LogP contribution in [0.2, 0.25) is 0 Å². The Balaban J connectivity index is 0.000000179. The molecule has 2 N–H and O–H groups in total. The summed E-state index contributed by atoms with van der Waals surface area (Å²) in [5.74, 6) is 0. The molecule has 4 nitrogen and oxygen atoms in total. The summed E-state index contributed by atoms with van der Waals surface area (Å²) in [5, 5.41) is 0. The third-order valence-corrected chi connectivity index (χ3v) is 25.1. The van der Waals surface area contributed by atoms with E-state index < -0.39 is 40.5 Å². The van der Waals surface area contributed by atoms with Gasteiger partial charge >= 0.3 is 262 Å². The van der Waals surface area contributed by atoms with Gasteiger partial charge in [0.1, 0.15) is 0 Å². The fraction of sp³-hybridized carbons (Fsp3) is 0. The molecule has 2 atom stereocenters. The molecule has 0 radical (unpaired) electrons. The second-order valence-corrected chi connectivity index (χ2v) is 26.8. The van der Waals surface area contributed by atoms with E-state index in [2.05, 4.69) is 197 Å². The van der Waals surface area contributed by atoms with Crippen LogP contribution in [0.3, 0.4) is 0 Å². The van der Waals surface area contributed by atoms with Crippen LogP contribution in [0.4, 0.5) is 0 Å². The first-order chi connectivity index (χ1) is 21.6. The Bertz CT molecular complexity index is 1510. The quantitative estimate of drug-likeness (QED) is 0.138. The van der Waals surface area contributed by atoms with Gasteiger partial charge in [0, 0.05) is 0 Å². The minimum absolute atomic E-state index is 1.43. The number of hydrogen-bond donors (Lipinski definition) is 2. The molecular weight excluding hydrogens is 803 g/mol. The molecular formula is C36H36O4P2Pd2S. The summed E-state index contributed by atoms with van der Waals surface area (Å²) in [6.45, 7) is 0. The van der Waals surface area contributed by atoms with Crippen molar-refractivity contribution in [3.8, 4) is 0 Å². The molecule has 0 aliphatic heterocycles. The summed E-state index contributed by atoms with van der Waals surface area (Å²) in [4.78, 5) is 0. The van der Waals surface area contributed by atoms with Gasteiger partial charge in [-0.15, -0.1) is 0 Å². The van der Waals surface area contributed by atoms with Crippen molar-refractivity contribution in [3.05, 3.63) is 182 Å². The van der Waals surface area contributed by atoms with Gasteiger partial charge in [-0.2, -0.15) is 8.42 Å². The molecule has 2 unspecified atom stereocenters. The van der Waals surface area contributed by atoms with Crippen molar-refractivity contribution in [2.24, 2.45) is 0 Å². The summed E-state index contributed by atoms with van der Waals surface area (Å²) in [5.41, 5.74) is 0. The third-order valence-electron chi connectivity index (χ3n) is 6.00. The molecule has 0 bridgehead atoms. The standard InChI is InChI=1S/6C6H5.H2O4S.2H2P.2Pd/c6*1-2-4-6-5-3-1;1-5(2,3)4;;;;/h6*1-5H;(H2,1,2,3,4);2*1H2;;/q;;;;;;;2*-1;2*+1. The van der Waals surface area contributed by atoms with Crippen molar-refractivity contribution in [2.75, 3.05) is 0 Å². The van der Waals surface area contributed by atoms with Gasteiger partial charge in [-0.3, -0.25) is 9.11 Å². The normalized spacial score (nSPS) is 12.0. The SMILES string of the molecule is O=S(=O)(O)O.[PH2][Pd]([c]1ccccc1)([c]1ccccc1)[c]1ccccc1.[PH2][Pd]([c]1ccccc1)([c]1ccccc1)[c]1ccccc1. The van der Waals surface area contributed by atoms with Crippen LogP contribution in [0, 0.1) is 0 Å². The van der Waals surface area contributed by atoms with E-state index in [9.17, 15) is 0 Å². The summed E-state index contributed by atoms with van der Waals surface area (Å²) >= 11 is -4.20. The molecule has 0 spiro atoms. The monoisotopic (exact) mass is 838 g/mol. The van der Waals surface area contributed by atoms with Crippen LogP contribution in [0.5, 0.6) is 0 Å². The van der Waals surface area contributed by atoms with Gasteiger partial charge in [-0.05, 0) is 0 Å². The first kappa shape index (κ1) is 35.2. The first-order valence-corrected chi connectivity index (χ1v) is 25.7. The van der Waals surface area contributed by atoms with Gasteiger partial charge in [0.25, 0.3) is 0 Å². The average Bonchev–Trinajstić information content (AvgIpc) is 3.09. The molecule has 0 aliphatic carbocycles. The van der Waals surface area contributed by atoms with Crippen molar-refractivity contribution >= 4 is 49.5 Å². The van der Waals surface area contributed by atoms with Crippen molar-refractivity contribution in [1.29, 1.82) is 0 Å². The van der Waals surface area contributed by atoms with E-state index in [1.165, 1.54) is 24.2 Å². The zero-order valence-electron chi connectivity index (χ0n) is 24.2. The molecule has 0 amide bonds. The summed E-state index contributed by atoms with van der Waals surface area (Å²) in [6, 6.07) is 65.2. The molecule has 0 aliphatic rings. The van der Waals surface area contributed by atoms with E-state index in [0.717, 1.165) is 0 Å². The zero-order valence-corrected chi connectivity index (χ0v) is 30.5. The molecule has 0 saturated heterocycles. The molecule has 6 aromatic carbocycles. The summed E-state index contributed by atoms with van der Waals surface area (Å²) < 4.78 is 40.2. The minimum atomic E-state index is -4.67. The van der Waals surface area contributed by atoms with E-state index in [1.807, 2.05) is 0 Å². The molecule has 6 aromatic rings. The molecule has 0 aromatic heterocycles. The van der Waals surface area contributed by atoms with E-state index in [1.54, 1.807) is 0 Å². The van der Waals surface area contributed by atoms with Crippen LogP contribution >= 0.6 is 14.9 Å². The molecule has 9 heteroatoms. The molecule has 45 heavy (non-hydrogen) atoms. The van der Waals surface area contributed by atoms with E-state index >= 15 is 0 Å². The molecule has 6 rings (SSSR count). The van der Waals surface area contributed by atoms with Crippen LogP contribution in [0.15, 0.2) is 182 Å². The van der Waals surface area contributed by atoms with Gasteiger partial charge in [0.15, 0.2) is 0 Å². The number of hydrogen-bond acceptors (Lipinski definition) is 2. The molecule has 240 valence electrons. The van der Waals surface area contributed by atoms with Crippen LogP contribution < -0.4 is 24.2 Å². The Hall–Kier alpha value is -2.63. The molecule has 0 heterocycles. The summed E-state index contributed by atoms with van der Waals surface area (Å²) in [6.07, 6.45) is 0. The Morgan fingerprint density at radius 3 is 0.556 bits per heavy atom. The number of rotatable bonds is 6. The molecule has 0 fully saturated rings. The Labute approximate surface area is 277 Å². The predicted molar refractivity (Wildman–Crippen MR) is 190 cm³/mol. The summed E-state index contributed by atoms with van der Waals surface area (Å²) in [7, 11) is 1.75. The van der Waals surface area contributed by atoms with Crippen LogP contribution in [-0.2, 0) is 40.5 Å². The second kappa shape index (κ2) is 16.8. The van der Waals surface area contributed by atoms with E-state index in [-0.39, 0.29) is 0 Å². The van der Waals surface area contributed by atoms with Crippen molar-refractivity contribution in [2.45, 2.75) is 0 Å².